The summed E-state index contributed by atoms with van der Waals surface area (Å²) in [6.45, 7) is 13.7. The Kier molecular flexibility index (Phi) is 8.42. The van der Waals surface area contributed by atoms with Gasteiger partial charge in [0.05, 0.1) is 5.69 Å². The molecule has 0 aromatic carbocycles. The van der Waals surface area contributed by atoms with E-state index in [0.717, 1.165) is 75.1 Å². The van der Waals surface area contributed by atoms with Crippen LogP contribution in [0.1, 0.15) is 64.0 Å². The highest BCUT2D eigenvalue weighted by atomic mass is 16.1. The number of likely N-dealkylation sites (tertiary alicyclic amines) is 2. The summed E-state index contributed by atoms with van der Waals surface area (Å²) in [4.78, 5) is 25.2. The summed E-state index contributed by atoms with van der Waals surface area (Å²) in [7, 11) is 0. The summed E-state index contributed by atoms with van der Waals surface area (Å²) in [6.07, 6.45) is 11.5. The molecule has 0 radical (unpaired) electrons. The number of aromatic nitrogens is 3. The van der Waals surface area contributed by atoms with E-state index in [1.54, 1.807) is 0 Å². The van der Waals surface area contributed by atoms with Crippen LogP contribution in [0.25, 0.3) is 10.9 Å². The van der Waals surface area contributed by atoms with Gasteiger partial charge in [0.25, 0.3) is 0 Å². The van der Waals surface area contributed by atoms with Crippen LogP contribution in [0.4, 0.5) is 5.82 Å². The molecule has 2 aromatic heterocycles. The fourth-order valence-electron chi connectivity index (χ4n) is 6.54. The second-order valence-corrected chi connectivity index (χ2v) is 11.0. The van der Waals surface area contributed by atoms with Crippen LogP contribution in [0.5, 0.6) is 0 Å². The third-order valence-electron chi connectivity index (χ3n) is 8.70. The first-order valence-electron chi connectivity index (χ1n) is 14.4. The second-order valence-electron chi connectivity index (χ2n) is 11.0. The van der Waals surface area contributed by atoms with Crippen molar-refractivity contribution in [3.63, 3.8) is 0 Å². The van der Waals surface area contributed by atoms with Gasteiger partial charge in [-0.15, -0.1) is 0 Å². The SMILES string of the molecule is CCn1nc(C)c2ccnc(N3CCC(C(=O)NCCCN4CCC(N5CCCCC5)CC4)CC3)c21. The van der Waals surface area contributed by atoms with Crippen LogP contribution in [0.15, 0.2) is 12.3 Å². The van der Waals surface area contributed by atoms with Crippen molar-refractivity contribution in [1.82, 2.24) is 29.9 Å². The van der Waals surface area contributed by atoms with E-state index < -0.39 is 0 Å². The number of aryl methyl sites for hydroxylation is 2. The quantitative estimate of drug-likeness (QED) is 0.566. The monoisotopic (exact) mass is 495 g/mol. The Morgan fingerprint density at radius 2 is 1.78 bits per heavy atom. The number of nitrogens with zero attached hydrogens (tertiary/aromatic N) is 6. The fourth-order valence-corrected chi connectivity index (χ4v) is 6.54. The normalized spacial score (nSPS) is 21.3. The van der Waals surface area contributed by atoms with Gasteiger partial charge in [0.1, 0.15) is 5.52 Å². The second kappa shape index (κ2) is 11.9. The Labute approximate surface area is 216 Å². The third kappa shape index (κ3) is 5.70. The molecule has 1 amide bonds. The average Bonchev–Trinajstić information content (AvgIpc) is 3.27. The van der Waals surface area contributed by atoms with Crippen molar-refractivity contribution in [2.45, 2.75) is 77.8 Å². The van der Waals surface area contributed by atoms with Gasteiger partial charge < -0.3 is 20.0 Å². The number of rotatable bonds is 8. The summed E-state index contributed by atoms with van der Waals surface area (Å²) >= 11 is 0. The molecular weight excluding hydrogens is 450 g/mol. The molecule has 36 heavy (non-hydrogen) atoms. The van der Waals surface area contributed by atoms with Gasteiger partial charge in [0, 0.05) is 49.7 Å². The zero-order valence-corrected chi connectivity index (χ0v) is 22.4. The Morgan fingerprint density at radius 1 is 1.03 bits per heavy atom. The number of pyridine rings is 1. The lowest BCUT2D eigenvalue weighted by atomic mass is 9.95. The number of carbonyl (C=O) groups is 1. The first kappa shape index (κ1) is 25.5. The van der Waals surface area contributed by atoms with Crippen LogP contribution >= 0.6 is 0 Å². The molecule has 5 heterocycles. The van der Waals surface area contributed by atoms with E-state index in [-0.39, 0.29) is 11.8 Å². The van der Waals surface area contributed by atoms with Crippen LogP contribution in [-0.4, -0.2) is 88.9 Å². The molecule has 0 saturated carbocycles. The van der Waals surface area contributed by atoms with Crippen LogP contribution in [0, 0.1) is 12.8 Å². The maximum absolute atomic E-state index is 12.8. The minimum atomic E-state index is 0.110. The molecule has 0 bridgehead atoms. The van der Waals surface area contributed by atoms with Crippen LogP contribution in [-0.2, 0) is 11.3 Å². The molecule has 1 N–H and O–H groups in total. The molecule has 0 atom stereocenters. The Morgan fingerprint density at radius 3 is 2.50 bits per heavy atom. The van der Waals surface area contributed by atoms with Gasteiger partial charge in [0.15, 0.2) is 5.82 Å². The maximum atomic E-state index is 12.8. The summed E-state index contributed by atoms with van der Waals surface area (Å²) in [5.74, 6) is 1.36. The summed E-state index contributed by atoms with van der Waals surface area (Å²) in [5, 5.41) is 9.10. The molecule has 8 nitrogen and oxygen atoms in total. The molecule has 0 spiro atoms. The minimum Gasteiger partial charge on any atom is -0.356 e. The summed E-state index contributed by atoms with van der Waals surface area (Å²) in [5.41, 5.74) is 2.18. The van der Waals surface area contributed by atoms with E-state index in [9.17, 15) is 4.79 Å². The van der Waals surface area contributed by atoms with E-state index >= 15 is 0 Å². The molecule has 5 rings (SSSR count). The highest BCUT2D eigenvalue weighted by Crippen LogP contribution is 2.30. The lowest BCUT2D eigenvalue weighted by Gasteiger charge is -2.40. The van der Waals surface area contributed by atoms with E-state index in [1.165, 1.54) is 63.7 Å². The standard InChI is InChI=1S/C28H45N7O/c1-3-35-26-25(22(2)31-35)8-14-29-27(26)34-20-9-23(10-21-34)28(36)30-13-7-15-32-18-11-24(12-19-32)33-16-5-4-6-17-33/h8,14,23-24H,3-7,9-13,15-21H2,1-2H3,(H,30,36). The first-order valence-corrected chi connectivity index (χ1v) is 14.4. The molecule has 198 valence electrons. The van der Waals surface area contributed by atoms with E-state index in [2.05, 4.69) is 49.7 Å². The van der Waals surface area contributed by atoms with Gasteiger partial charge in [-0.1, -0.05) is 6.42 Å². The number of anilines is 1. The third-order valence-corrected chi connectivity index (χ3v) is 8.70. The molecule has 8 heteroatoms. The molecule has 3 aliphatic rings. The van der Waals surface area contributed by atoms with Gasteiger partial charge >= 0.3 is 0 Å². The summed E-state index contributed by atoms with van der Waals surface area (Å²) in [6, 6.07) is 2.87. The van der Waals surface area contributed by atoms with Crippen molar-refractivity contribution >= 4 is 22.6 Å². The van der Waals surface area contributed by atoms with Crippen molar-refractivity contribution in [2.24, 2.45) is 5.92 Å². The number of hydrogen-bond acceptors (Lipinski definition) is 6. The number of carbonyl (C=O) groups excluding carboxylic acids is 1. The van der Waals surface area contributed by atoms with Gasteiger partial charge in [0.2, 0.25) is 5.91 Å². The smallest absolute Gasteiger partial charge is 0.223 e. The van der Waals surface area contributed by atoms with Crippen LogP contribution < -0.4 is 10.2 Å². The lowest BCUT2D eigenvalue weighted by Crippen LogP contribution is -2.47. The first-order chi connectivity index (χ1) is 17.6. The number of hydrogen-bond donors (Lipinski definition) is 1. The van der Waals surface area contributed by atoms with Crippen molar-refractivity contribution < 1.29 is 4.79 Å². The Bertz CT molecular complexity index is 999. The Balaban J connectivity index is 1.02. The minimum absolute atomic E-state index is 0.110. The van der Waals surface area contributed by atoms with E-state index in [4.69, 9.17) is 4.98 Å². The van der Waals surface area contributed by atoms with Crippen molar-refractivity contribution in [3.05, 3.63) is 18.0 Å². The number of fused-ring (bicyclic) bond motifs is 1. The van der Waals surface area contributed by atoms with Crippen LogP contribution in [0.2, 0.25) is 0 Å². The summed E-state index contributed by atoms with van der Waals surface area (Å²) < 4.78 is 2.06. The molecular formula is C28H45N7O. The molecule has 2 aromatic rings. The zero-order chi connectivity index (χ0) is 24.9. The predicted molar refractivity (Wildman–Crippen MR) is 145 cm³/mol. The average molecular weight is 496 g/mol. The number of nitrogens with one attached hydrogen (secondary N) is 1. The molecule has 0 aliphatic carbocycles. The highest BCUT2D eigenvalue weighted by Gasteiger charge is 2.28. The van der Waals surface area contributed by atoms with Gasteiger partial charge in [-0.05, 0) is 97.6 Å². The highest BCUT2D eigenvalue weighted by molar-refractivity contribution is 5.91. The van der Waals surface area contributed by atoms with Gasteiger partial charge in [-0.25, -0.2) is 4.98 Å². The number of piperidine rings is 3. The van der Waals surface area contributed by atoms with E-state index in [1.807, 2.05) is 6.20 Å². The maximum Gasteiger partial charge on any atom is 0.223 e. The fraction of sp³-hybridized carbons (Fsp3) is 0.750. The largest absolute Gasteiger partial charge is 0.356 e. The van der Waals surface area contributed by atoms with Crippen LogP contribution in [0.3, 0.4) is 0 Å². The van der Waals surface area contributed by atoms with Crippen molar-refractivity contribution in [2.75, 3.05) is 57.3 Å². The molecule has 3 fully saturated rings. The Hall–Kier alpha value is -2.19. The van der Waals surface area contributed by atoms with Gasteiger partial charge in [-0.3, -0.25) is 9.48 Å². The van der Waals surface area contributed by atoms with Crippen molar-refractivity contribution in [1.29, 1.82) is 0 Å². The van der Waals surface area contributed by atoms with Gasteiger partial charge in [-0.2, -0.15) is 5.10 Å². The van der Waals surface area contributed by atoms with E-state index in [0.29, 0.717) is 0 Å². The topological polar surface area (TPSA) is 69.5 Å². The number of amides is 1. The predicted octanol–water partition coefficient (Wildman–Crippen LogP) is 3.43. The zero-order valence-electron chi connectivity index (χ0n) is 22.4. The molecule has 3 aliphatic heterocycles. The molecule has 3 saturated heterocycles. The molecule has 0 unspecified atom stereocenters. The lowest BCUT2D eigenvalue weighted by molar-refractivity contribution is -0.125. The van der Waals surface area contributed by atoms with Crippen molar-refractivity contribution in [3.8, 4) is 0 Å².